The summed E-state index contributed by atoms with van der Waals surface area (Å²) in [7, 11) is 1.94. The van der Waals surface area contributed by atoms with E-state index in [9.17, 15) is 36.4 Å². The van der Waals surface area contributed by atoms with Gasteiger partial charge in [-0.25, -0.2) is 4.21 Å². The van der Waals surface area contributed by atoms with Gasteiger partial charge in [-0.05, 0) is 145 Å². The van der Waals surface area contributed by atoms with E-state index in [0.717, 1.165) is 41.9 Å². The van der Waals surface area contributed by atoms with E-state index < -0.39 is 32.5 Å². The van der Waals surface area contributed by atoms with E-state index in [2.05, 4.69) is 5.32 Å². The van der Waals surface area contributed by atoms with Crippen LogP contribution in [0.3, 0.4) is 0 Å². The lowest BCUT2D eigenvalue weighted by Gasteiger charge is -2.28. The Hall–Kier alpha value is -5.70. The summed E-state index contributed by atoms with van der Waals surface area (Å²) in [5, 5.41) is 2.02. The van der Waals surface area contributed by atoms with E-state index >= 15 is 0 Å². The number of ether oxygens (including phenoxy) is 3. The Morgan fingerprint density at radius 1 is 0.720 bits per heavy atom. The summed E-state index contributed by atoms with van der Waals surface area (Å²) in [6.07, 6.45) is 4.22. The van der Waals surface area contributed by atoms with Crippen LogP contribution in [0.1, 0.15) is 98.7 Å². The Labute approximate surface area is 448 Å². The van der Waals surface area contributed by atoms with Gasteiger partial charge in [0.2, 0.25) is 5.91 Å². The van der Waals surface area contributed by atoms with Gasteiger partial charge >= 0.3 is 0 Å². The van der Waals surface area contributed by atoms with Crippen molar-refractivity contribution in [3.05, 3.63) is 141 Å². The summed E-state index contributed by atoms with van der Waals surface area (Å²) in [6.45, 7) is 3.75. The van der Waals surface area contributed by atoms with Crippen LogP contribution in [0.5, 0.6) is 17.2 Å². The highest BCUT2D eigenvalue weighted by Gasteiger charge is 2.48. The molecule has 15 nitrogen and oxygen atoms in total. The average Bonchev–Trinajstić information content (AvgIpc) is 3.93. The lowest BCUT2D eigenvalue weighted by molar-refractivity contribution is -0.119. The predicted molar refractivity (Wildman–Crippen MR) is 294 cm³/mol. The fourth-order valence-electron chi connectivity index (χ4n) is 10.8. The molecule has 3 amide bonds. The number of benzene rings is 5. The molecule has 19 heteroatoms. The largest absolute Gasteiger partial charge is 0.493 e. The smallest absolute Gasteiger partial charge is 0.272 e. The zero-order chi connectivity index (χ0) is 53.0. The van der Waals surface area contributed by atoms with Gasteiger partial charge in [-0.2, -0.15) is 8.42 Å². The number of nitrogens with zero attached hydrogens (tertiary/aromatic N) is 2. The minimum atomic E-state index is -4.09. The van der Waals surface area contributed by atoms with Crippen molar-refractivity contribution in [1.82, 2.24) is 0 Å². The number of methoxy groups -OCH3 is 1. The summed E-state index contributed by atoms with van der Waals surface area (Å²) in [6, 6.07) is 26.7. The minimum Gasteiger partial charge on any atom is -0.493 e. The number of para-hydroxylation sites is 2. The van der Waals surface area contributed by atoms with Gasteiger partial charge in [0.1, 0.15) is 30.0 Å². The Bertz CT molecular complexity index is 3150. The van der Waals surface area contributed by atoms with Crippen molar-refractivity contribution in [1.29, 1.82) is 0 Å². The number of hydrogen-bond acceptors (Lipinski definition) is 13. The van der Waals surface area contributed by atoms with Crippen LogP contribution in [0, 0.1) is 12.8 Å². The van der Waals surface area contributed by atoms with Crippen LogP contribution >= 0.6 is 21.6 Å². The van der Waals surface area contributed by atoms with E-state index in [1.54, 1.807) is 55.7 Å². The molecule has 0 bridgehead atoms. The quantitative estimate of drug-likeness (QED) is 0.0288. The highest BCUT2D eigenvalue weighted by atomic mass is 33.1. The summed E-state index contributed by atoms with van der Waals surface area (Å²) in [5.74, 6) is 2.02. The molecule has 5 atom stereocenters. The zero-order valence-electron chi connectivity index (χ0n) is 42.3. The topological polar surface area (TPSA) is 195 Å². The average molecular weight is 1100 g/mol. The Morgan fingerprint density at radius 2 is 1.29 bits per heavy atom. The van der Waals surface area contributed by atoms with Crippen molar-refractivity contribution in [2.75, 3.05) is 46.6 Å². The molecule has 3 unspecified atom stereocenters. The molecule has 0 aromatic heterocycles. The van der Waals surface area contributed by atoms with Crippen molar-refractivity contribution in [3.8, 4) is 17.2 Å². The highest BCUT2D eigenvalue weighted by Crippen LogP contribution is 2.44. The van der Waals surface area contributed by atoms with Crippen LogP contribution in [0.2, 0.25) is 0 Å². The van der Waals surface area contributed by atoms with Crippen LogP contribution in [0.15, 0.2) is 91.0 Å². The van der Waals surface area contributed by atoms with Crippen molar-refractivity contribution in [2.45, 2.75) is 102 Å². The van der Waals surface area contributed by atoms with E-state index in [1.807, 2.05) is 80.6 Å². The second-order valence-corrected chi connectivity index (χ2v) is 24.9. The van der Waals surface area contributed by atoms with Gasteiger partial charge in [0.25, 0.3) is 21.9 Å². The number of Topliss-reactive ketones (excluding diaryl/α,β-unsaturated/α-hetero) is 1. The van der Waals surface area contributed by atoms with Crippen molar-refractivity contribution in [2.24, 2.45) is 5.92 Å². The van der Waals surface area contributed by atoms with Crippen LogP contribution in [0.4, 0.5) is 17.1 Å². The first-order valence-electron chi connectivity index (χ1n) is 25.1. The van der Waals surface area contributed by atoms with E-state index in [4.69, 9.17) is 18.4 Å². The normalized spacial score (nSPS) is 18.9. The number of nitrogens with one attached hydrogen (secondary N) is 1. The third-order valence-electron chi connectivity index (χ3n) is 14.5. The lowest BCUT2D eigenvalue weighted by Crippen LogP contribution is -2.47. The molecular formula is C56H61N3O12S4. The second-order valence-electron chi connectivity index (χ2n) is 19.3. The maximum Gasteiger partial charge on any atom is 0.272 e. The first-order chi connectivity index (χ1) is 36.2. The van der Waals surface area contributed by atoms with Crippen LogP contribution in [0.25, 0.3) is 0 Å². The molecule has 0 spiro atoms. The molecule has 5 aromatic carbocycles. The Balaban J connectivity index is 0.965. The van der Waals surface area contributed by atoms with E-state index in [1.165, 1.54) is 7.11 Å². The number of carbonyl (C=O) groups excluding carboxylic acids is 4. The summed E-state index contributed by atoms with van der Waals surface area (Å²) in [4.78, 5) is 57.3. The van der Waals surface area contributed by atoms with Crippen molar-refractivity contribution >= 4 is 83.4 Å². The SMILES string of the molecule is CCC(=O)CCCSSCCCC(=O)Nc1cc(COc2cc3c(cc2C)C(=O)N2c4ccccc4C[C@H]2C(S(=O)(=O)OC)C3)cc(COc2cc3c(cc2OC)C(=O)N2c4ccccc4C[C@H]2C(CS(=O)O)C3)c1. The maximum atomic E-state index is 14.4. The molecule has 5 aromatic rings. The van der Waals surface area contributed by atoms with Crippen LogP contribution in [-0.2, 0) is 73.9 Å². The molecule has 396 valence electrons. The van der Waals surface area contributed by atoms with Gasteiger partial charge < -0.3 is 33.9 Å². The van der Waals surface area contributed by atoms with Crippen LogP contribution < -0.4 is 29.3 Å². The number of rotatable bonds is 22. The van der Waals surface area contributed by atoms with Gasteiger partial charge in [-0.1, -0.05) is 64.9 Å². The fourth-order valence-corrected chi connectivity index (χ4v) is 14.9. The first-order valence-corrected chi connectivity index (χ1v) is 30.4. The molecule has 0 saturated carbocycles. The number of aryl methyl sites for hydroxylation is 1. The van der Waals surface area contributed by atoms with Crippen LogP contribution in [-0.4, -0.2) is 89.5 Å². The van der Waals surface area contributed by atoms with E-state index in [0.29, 0.717) is 106 Å². The molecule has 9 rings (SSSR count). The van der Waals surface area contributed by atoms with Crippen molar-refractivity contribution in [3.63, 3.8) is 0 Å². The molecule has 4 heterocycles. The third-order valence-corrected chi connectivity index (χ3v) is 19.4. The zero-order valence-corrected chi connectivity index (χ0v) is 45.6. The lowest BCUT2D eigenvalue weighted by atomic mass is 9.91. The summed E-state index contributed by atoms with van der Waals surface area (Å²) in [5.41, 5.74) is 7.93. The maximum absolute atomic E-state index is 14.4. The summed E-state index contributed by atoms with van der Waals surface area (Å²) >= 11 is -2.11. The van der Waals surface area contributed by atoms with Gasteiger partial charge in [0.15, 0.2) is 22.6 Å². The molecule has 2 N–H and O–H groups in total. The predicted octanol–water partition coefficient (Wildman–Crippen LogP) is 9.46. The monoisotopic (exact) mass is 1100 g/mol. The molecule has 75 heavy (non-hydrogen) atoms. The molecule has 0 fully saturated rings. The number of fused-ring (bicyclic) bond motifs is 8. The number of amides is 3. The summed E-state index contributed by atoms with van der Waals surface area (Å²) < 4.78 is 73.6. The Morgan fingerprint density at radius 3 is 1.92 bits per heavy atom. The molecule has 4 aliphatic rings. The highest BCUT2D eigenvalue weighted by molar-refractivity contribution is 8.76. The number of hydrogen-bond donors (Lipinski definition) is 2. The Kier molecular flexibility index (Phi) is 17.1. The third kappa shape index (κ3) is 12.0. The second kappa shape index (κ2) is 23.7. The first kappa shape index (κ1) is 54.1. The number of ketones is 1. The molecule has 0 saturated heterocycles. The van der Waals surface area contributed by atoms with Gasteiger partial charge in [-0.3, -0.25) is 23.4 Å². The van der Waals surface area contributed by atoms with Crippen molar-refractivity contribution < 1.29 is 54.8 Å². The molecular weight excluding hydrogens is 1030 g/mol. The standard InChI is InChI=1S/C56H61N3O12S4/c1-5-43(60)14-10-18-72-73-19-11-17-54(61)57-42-22-35(31-70-50-27-40-29-53(75(66,67)69-4)49-26-38-13-7-9-16-47(38)59(49)55(62)44(40)20-34(50)2)21-36(23-42)32-71-52-28-39-24-41(33-74(64)65)48-25-37-12-6-8-15-46(37)58(48)56(63)45(39)30-51(52)68-3/h6-9,12-13,15-16,20-23,27-28,30,41,48-49,53H,5,10-11,14,17-19,24-26,29,31-33H2,1-4H3,(H,57,61)(H,64,65)/t41?,48-,49-,53?/m0/s1. The molecule has 0 radical (unpaired) electrons. The van der Waals surface area contributed by atoms with Gasteiger partial charge in [0, 0.05) is 65.0 Å². The van der Waals surface area contributed by atoms with E-state index in [-0.39, 0.29) is 67.3 Å². The van der Waals surface area contributed by atoms with Gasteiger partial charge in [0.05, 0.1) is 26.0 Å². The number of carbonyl (C=O) groups is 4. The molecule has 0 aliphatic carbocycles. The fraction of sp³-hybridized carbons (Fsp3) is 0.393. The molecule has 4 aliphatic heterocycles. The minimum absolute atomic E-state index is 0.0129. The number of anilines is 3. The van der Waals surface area contributed by atoms with Gasteiger partial charge in [-0.15, -0.1) is 0 Å².